The Hall–Kier alpha value is -1.66. The molecule has 8 heteroatoms. The van der Waals surface area contributed by atoms with E-state index in [1.807, 2.05) is 35.0 Å². The third-order valence-electron chi connectivity index (χ3n) is 3.48. The number of halogens is 3. The molecule has 1 amide bonds. The Labute approximate surface area is 170 Å². The van der Waals surface area contributed by atoms with Gasteiger partial charge in [-0.1, -0.05) is 58.7 Å². The van der Waals surface area contributed by atoms with Crippen LogP contribution in [0.2, 0.25) is 15.1 Å². The van der Waals surface area contributed by atoms with Gasteiger partial charge in [0.25, 0.3) is 0 Å². The normalized spacial score (nSPS) is 10.7. The SMILES string of the molecule is O=C(CSc1nccn1Cc1ccc(Cl)cc1)Nc1ccc(Cl)c(Cl)c1. The molecule has 0 atom stereocenters. The van der Waals surface area contributed by atoms with Gasteiger partial charge in [-0.25, -0.2) is 4.98 Å². The number of hydrogen-bond donors (Lipinski definition) is 1. The van der Waals surface area contributed by atoms with E-state index in [1.54, 1.807) is 24.4 Å². The number of benzene rings is 2. The fourth-order valence-electron chi connectivity index (χ4n) is 2.24. The van der Waals surface area contributed by atoms with E-state index in [4.69, 9.17) is 34.8 Å². The molecule has 0 spiro atoms. The van der Waals surface area contributed by atoms with Crippen molar-refractivity contribution >= 4 is 58.2 Å². The van der Waals surface area contributed by atoms with E-state index in [1.165, 1.54) is 11.8 Å². The Morgan fingerprint density at radius 2 is 1.85 bits per heavy atom. The molecule has 0 saturated heterocycles. The minimum Gasteiger partial charge on any atom is -0.325 e. The van der Waals surface area contributed by atoms with Gasteiger partial charge in [0, 0.05) is 29.6 Å². The van der Waals surface area contributed by atoms with E-state index in [0.717, 1.165) is 10.7 Å². The molecule has 1 aromatic heterocycles. The van der Waals surface area contributed by atoms with Crippen molar-refractivity contribution in [1.82, 2.24) is 9.55 Å². The molecule has 2 aromatic carbocycles. The van der Waals surface area contributed by atoms with E-state index in [0.29, 0.717) is 27.3 Å². The number of anilines is 1. The van der Waals surface area contributed by atoms with Crippen molar-refractivity contribution in [2.24, 2.45) is 0 Å². The lowest BCUT2D eigenvalue weighted by Crippen LogP contribution is -2.14. The van der Waals surface area contributed by atoms with Crippen LogP contribution in [0.1, 0.15) is 5.56 Å². The van der Waals surface area contributed by atoms with Crippen LogP contribution >= 0.6 is 46.6 Å². The van der Waals surface area contributed by atoms with Gasteiger partial charge in [-0.05, 0) is 35.9 Å². The van der Waals surface area contributed by atoms with Crippen molar-refractivity contribution in [3.8, 4) is 0 Å². The topological polar surface area (TPSA) is 46.9 Å². The fourth-order valence-corrected chi connectivity index (χ4v) is 3.43. The summed E-state index contributed by atoms with van der Waals surface area (Å²) in [6, 6.07) is 12.6. The maximum atomic E-state index is 12.2. The van der Waals surface area contributed by atoms with Crippen LogP contribution in [0.5, 0.6) is 0 Å². The van der Waals surface area contributed by atoms with Crippen LogP contribution in [0.3, 0.4) is 0 Å². The van der Waals surface area contributed by atoms with Gasteiger partial charge in [0.05, 0.1) is 15.8 Å². The number of aromatic nitrogens is 2. The Morgan fingerprint density at radius 3 is 2.58 bits per heavy atom. The lowest BCUT2D eigenvalue weighted by molar-refractivity contribution is -0.113. The monoisotopic (exact) mass is 425 g/mol. The molecule has 0 fully saturated rings. The molecule has 1 heterocycles. The first-order valence-corrected chi connectivity index (χ1v) is 9.76. The fraction of sp³-hybridized carbons (Fsp3) is 0.111. The van der Waals surface area contributed by atoms with Crippen LogP contribution in [-0.2, 0) is 11.3 Å². The maximum absolute atomic E-state index is 12.2. The van der Waals surface area contributed by atoms with Gasteiger partial charge in [0.2, 0.25) is 5.91 Å². The summed E-state index contributed by atoms with van der Waals surface area (Å²) in [6.07, 6.45) is 3.60. The van der Waals surface area contributed by atoms with E-state index in [2.05, 4.69) is 10.3 Å². The molecule has 0 saturated carbocycles. The number of carbonyl (C=O) groups is 1. The molecule has 1 N–H and O–H groups in total. The second kappa shape index (κ2) is 8.82. The standard InChI is InChI=1S/C18H14Cl3N3OS/c19-13-3-1-12(2-4-13)10-24-8-7-22-18(24)26-11-17(25)23-14-5-6-15(20)16(21)9-14/h1-9H,10-11H2,(H,23,25). The van der Waals surface area contributed by atoms with Crippen molar-refractivity contribution in [3.63, 3.8) is 0 Å². The van der Waals surface area contributed by atoms with Crippen molar-refractivity contribution in [3.05, 3.63) is 75.5 Å². The highest BCUT2D eigenvalue weighted by atomic mass is 35.5. The number of imidazole rings is 1. The predicted molar refractivity (Wildman–Crippen MR) is 109 cm³/mol. The third kappa shape index (κ3) is 5.17. The second-order valence-electron chi connectivity index (χ2n) is 5.43. The van der Waals surface area contributed by atoms with Crippen molar-refractivity contribution < 1.29 is 4.79 Å². The lowest BCUT2D eigenvalue weighted by Gasteiger charge is -2.09. The van der Waals surface area contributed by atoms with Crippen LogP contribution in [0.25, 0.3) is 0 Å². The van der Waals surface area contributed by atoms with Crippen LogP contribution in [0.15, 0.2) is 60.0 Å². The zero-order valence-electron chi connectivity index (χ0n) is 13.5. The van der Waals surface area contributed by atoms with Crippen molar-refractivity contribution in [2.75, 3.05) is 11.1 Å². The summed E-state index contributed by atoms with van der Waals surface area (Å²) in [4.78, 5) is 16.5. The van der Waals surface area contributed by atoms with E-state index >= 15 is 0 Å². The van der Waals surface area contributed by atoms with Gasteiger partial charge in [-0.2, -0.15) is 0 Å². The summed E-state index contributed by atoms with van der Waals surface area (Å²) >= 11 is 19.1. The lowest BCUT2D eigenvalue weighted by atomic mass is 10.2. The third-order valence-corrected chi connectivity index (χ3v) is 5.47. The molecule has 134 valence electrons. The van der Waals surface area contributed by atoms with Gasteiger partial charge in [0.15, 0.2) is 5.16 Å². The Balaban J connectivity index is 1.58. The number of nitrogens with zero attached hydrogens (tertiary/aromatic N) is 2. The van der Waals surface area contributed by atoms with E-state index in [-0.39, 0.29) is 11.7 Å². The van der Waals surface area contributed by atoms with Crippen LogP contribution < -0.4 is 5.32 Å². The van der Waals surface area contributed by atoms with Gasteiger partial charge < -0.3 is 9.88 Å². The molecule has 0 unspecified atom stereocenters. The van der Waals surface area contributed by atoms with Crippen LogP contribution in [-0.4, -0.2) is 21.2 Å². The van der Waals surface area contributed by atoms with Gasteiger partial charge in [-0.15, -0.1) is 0 Å². The Bertz CT molecular complexity index is 912. The summed E-state index contributed by atoms with van der Waals surface area (Å²) in [5.41, 5.74) is 1.71. The number of amides is 1. The molecule has 0 radical (unpaired) electrons. The molecule has 0 aliphatic heterocycles. The Kier molecular flexibility index (Phi) is 6.48. The number of carbonyl (C=O) groups excluding carboxylic acids is 1. The Morgan fingerprint density at radius 1 is 1.08 bits per heavy atom. The predicted octanol–water partition coefficient (Wildman–Crippen LogP) is 5.62. The summed E-state index contributed by atoms with van der Waals surface area (Å²) in [5, 5.41) is 5.11. The zero-order chi connectivity index (χ0) is 18.5. The quantitative estimate of drug-likeness (QED) is 0.520. The van der Waals surface area contributed by atoms with Gasteiger partial charge >= 0.3 is 0 Å². The van der Waals surface area contributed by atoms with E-state index in [9.17, 15) is 4.79 Å². The molecule has 0 bridgehead atoms. The number of nitrogens with one attached hydrogen (secondary N) is 1. The van der Waals surface area contributed by atoms with E-state index < -0.39 is 0 Å². The molecule has 4 nitrogen and oxygen atoms in total. The molecule has 0 aliphatic carbocycles. The molecule has 0 aliphatic rings. The summed E-state index contributed by atoms with van der Waals surface area (Å²) < 4.78 is 1.99. The first-order chi connectivity index (χ1) is 12.5. The number of hydrogen-bond acceptors (Lipinski definition) is 3. The first-order valence-electron chi connectivity index (χ1n) is 7.64. The first kappa shape index (κ1) is 19.1. The average Bonchev–Trinajstić information content (AvgIpc) is 3.05. The highest BCUT2D eigenvalue weighted by Gasteiger charge is 2.09. The van der Waals surface area contributed by atoms with Crippen molar-refractivity contribution in [2.45, 2.75) is 11.7 Å². The average molecular weight is 427 g/mol. The highest BCUT2D eigenvalue weighted by Crippen LogP contribution is 2.25. The van der Waals surface area contributed by atoms with Crippen LogP contribution in [0.4, 0.5) is 5.69 Å². The molecule has 26 heavy (non-hydrogen) atoms. The highest BCUT2D eigenvalue weighted by molar-refractivity contribution is 7.99. The van der Waals surface area contributed by atoms with Crippen molar-refractivity contribution in [1.29, 1.82) is 0 Å². The molecular formula is C18H14Cl3N3OS. The summed E-state index contributed by atoms with van der Waals surface area (Å²) in [6.45, 7) is 0.661. The van der Waals surface area contributed by atoms with Gasteiger partial charge in [0.1, 0.15) is 0 Å². The summed E-state index contributed by atoms with van der Waals surface area (Å²) in [7, 11) is 0. The molecule has 3 aromatic rings. The largest absolute Gasteiger partial charge is 0.325 e. The minimum absolute atomic E-state index is 0.144. The second-order valence-corrected chi connectivity index (χ2v) is 7.62. The zero-order valence-corrected chi connectivity index (χ0v) is 16.5. The molecule has 3 rings (SSSR count). The number of rotatable bonds is 6. The number of thioether (sulfide) groups is 1. The summed E-state index contributed by atoms with van der Waals surface area (Å²) in [5.74, 6) is 0.0900. The smallest absolute Gasteiger partial charge is 0.234 e. The van der Waals surface area contributed by atoms with Crippen LogP contribution in [0, 0.1) is 0 Å². The minimum atomic E-state index is -0.144. The molecular weight excluding hydrogens is 413 g/mol. The maximum Gasteiger partial charge on any atom is 0.234 e. The van der Waals surface area contributed by atoms with Gasteiger partial charge in [-0.3, -0.25) is 4.79 Å².